The van der Waals surface area contributed by atoms with Crippen LogP contribution >= 0.6 is 28.1 Å². The Morgan fingerprint density at radius 1 is 1.04 bits per heavy atom. The van der Waals surface area contributed by atoms with Crippen LogP contribution in [0.3, 0.4) is 0 Å². The van der Waals surface area contributed by atoms with E-state index in [2.05, 4.69) is 31.5 Å². The maximum absolute atomic E-state index is 12.2. The van der Waals surface area contributed by atoms with Gasteiger partial charge in [-0.15, -0.1) is 0 Å². The SMILES string of the molecule is O=C(NC(=S)Nc1cccc2ncccc12)c1ccccc1Br. The van der Waals surface area contributed by atoms with Crippen molar-refractivity contribution < 1.29 is 4.79 Å². The maximum Gasteiger partial charge on any atom is 0.258 e. The molecule has 0 unspecified atom stereocenters. The van der Waals surface area contributed by atoms with Gasteiger partial charge in [0, 0.05) is 21.7 Å². The number of thiocarbonyl (C=S) groups is 1. The predicted octanol–water partition coefficient (Wildman–Crippen LogP) is 4.12. The largest absolute Gasteiger partial charge is 0.332 e. The van der Waals surface area contributed by atoms with E-state index in [1.807, 2.05) is 42.5 Å². The zero-order valence-electron chi connectivity index (χ0n) is 11.9. The highest BCUT2D eigenvalue weighted by atomic mass is 79.9. The molecule has 1 aromatic heterocycles. The van der Waals surface area contributed by atoms with Gasteiger partial charge in [-0.1, -0.05) is 18.2 Å². The summed E-state index contributed by atoms with van der Waals surface area (Å²) < 4.78 is 0.717. The molecule has 0 aliphatic rings. The molecule has 6 heteroatoms. The van der Waals surface area contributed by atoms with Crippen LogP contribution in [-0.2, 0) is 0 Å². The van der Waals surface area contributed by atoms with Crippen molar-refractivity contribution in [3.63, 3.8) is 0 Å². The molecule has 1 heterocycles. The summed E-state index contributed by atoms with van der Waals surface area (Å²) in [5.74, 6) is -0.270. The molecule has 3 rings (SSSR count). The number of carbonyl (C=O) groups is 1. The Balaban J connectivity index is 1.77. The Bertz CT molecular complexity index is 892. The van der Waals surface area contributed by atoms with E-state index in [9.17, 15) is 4.79 Å². The normalized spacial score (nSPS) is 10.3. The fraction of sp³-hybridized carbons (Fsp3) is 0. The van der Waals surface area contributed by atoms with Crippen LogP contribution in [0.25, 0.3) is 10.9 Å². The number of fused-ring (bicyclic) bond motifs is 1. The fourth-order valence-corrected chi connectivity index (χ4v) is 2.85. The van der Waals surface area contributed by atoms with Crippen LogP contribution < -0.4 is 10.6 Å². The number of hydrogen-bond donors (Lipinski definition) is 2. The number of hydrogen-bond acceptors (Lipinski definition) is 3. The van der Waals surface area contributed by atoms with Crippen molar-refractivity contribution in [3.8, 4) is 0 Å². The third-order valence-electron chi connectivity index (χ3n) is 3.24. The lowest BCUT2D eigenvalue weighted by Crippen LogP contribution is -2.34. The van der Waals surface area contributed by atoms with Crippen LogP contribution in [0.5, 0.6) is 0 Å². The van der Waals surface area contributed by atoms with Gasteiger partial charge in [0.1, 0.15) is 0 Å². The Hall–Kier alpha value is -2.31. The average molecular weight is 386 g/mol. The Kier molecular flexibility index (Phi) is 4.64. The standard InChI is InChI=1S/C17H12BrN3OS/c18-13-7-2-1-5-11(13)16(22)21-17(23)20-15-9-3-8-14-12(15)6-4-10-19-14/h1-10H,(H2,20,21,22,23). The fourth-order valence-electron chi connectivity index (χ4n) is 2.18. The maximum atomic E-state index is 12.2. The molecule has 1 amide bonds. The lowest BCUT2D eigenvalue weighted by molar-refractivity contribution is 0.0977. The van der Waals surface area contributed by atoms with Crippen LogP contribution in [0.2, 0.25) is 0 Å². The van der Waals surface area contributed by atoms with Crippen LogP contribution in [-0.4, -0.2) is 16.0 Å². The first-order valence-corrected chi connectivity index (χ1v) is 8.06. The third kappa shape index (κ3) is 3.55. The van der Waals surface area contributed by atoms with Gasteiger partial charge in [-0.25, -0.2) is 0 Å². The second kappa shape index (κ2) is 6.85. The first-order valence-electron chi connectivity index (χ1n) is 6.86. The summed E-state index contributed by atoms with van der Waals surface area (Å²) in [4.78, 5) is 16.5. The summed E-state index contributed by atoms with van der Waals surface area (Å²) in [6, 6.07) is 16.7. The van der Waals surface area contributed by atoms with E-state index in [1.54, 1.807) is 18.3 Å². The summed E-state index contributed by atoms with van der Waals surface area (Å²) >= 11 is 8.59. The van der Waals surface area contributed by atoms with Gasteiger partial charge in [0.05, 0.1) is 11.1 Å². The van der Waals surface area contributed by atoms with Gasteiger partial charge < -0.3 is 5.32 Å². The summed E-state index contributed by atoms with van der Waals surface area (Å²) in [5.41, 5.74) is 2.18. The Labute approximate surface area is 147 Å². The molecule has 0 spiro atoms. The topological polar surface area (TPSA) is 54.0 Å². The number of carbonyl (C=O) groups excluding carboxylic acids is 1. The molecule has 0 saturated heterocycles. The lowest BCUT2D eigenvalue weighted by atomic mass is 10.2. The van der Waals surface area contributed by atoms with E-state index in [-0.39, 0.29) is 11.0 Å². The number of benzene rings is 2. The van der Waals surface area contributed by atoms with Gasteiger partial charge in [-0.3, -0.25) is 15.1 Å². The number of rotatable bonds is 2. The molecule has 4 nitrogen and oxygen atoms in total. The summed E-state index contributed by atoms with van der Waals surface area (Å²) in [6.45, 7) is 0. The van der Waals surface area contributed by atoms with Crippen LogP contribution in [0, 0.1) is 0 Å². The molecule has 2 aromatic carbocycles. The van der Waals surface area contributed by atoms with Crippen LogP contribution in [0.1, 0.15) is 10.4 Å². The third-order valence-corrected chi connectivity index (χ3v) is 4.14. The quantitative estimate of drug-likeness (QED) is 0.651. The van der Waals surface area contributed by atoms with Crippen molar-refractivity contribution in [1.29, 1.82) is 0 Å². The zero-order chi connectivity index (χ0) is 16.2. The molecule has 114 valence electrons. The number of amides is 1. The minimum absolute atomic E-state index is 0.238. The monoisotopic (exact) mass is 385 g/mol. The van der Waals surface area contributed by atoms with Crippen LogP contribution in [0.15, 0.2) is 65.3 Å². The number of pyridine rings is 1. The molecule has 0 saturated carbocycles. The lowest BCUT2D eigenvalue weighted by Gasteiger charge is -2.12. The van der Waals surface area contributed by atoms with Crippen molar-refractivity contribution in [1.82, 2.24) is 10.3 Å². The van der Waals surface area contributed by atoms with E-state index < -0.39 is 0 Å². The first kappa shape index (κ1) is 15.6. The first-order chi connectivity index (χ1) is 11.1. The van der Waals surface area contributed by atoms with E-state index in [1.165, 1.54) is 0 Å². The predicted molar refractivity (Wildman–Crippen MR) is 99.6 cm³/mol. The molecular weight excluding hydrogens is 374 g/mol. The Morgan fingerprint density at radius 3 is 2.70 bits per heavy atom. The van der Waals surface area contributed by atoms with Gasteiger partial charge in [0.2, 0.25) is 0 Å². The molecule has 3 aromatic rings. The van der Waals surface area contributed by atoms with E-state index in [4.69, 9.17) is 12.2 Å². The van der Waals surface area contributed by atoms with Gasteiger partial charge in [-0.05, 0) is 64.5 Å². The molecule has 0 aliphatic carbocycles. The summed E-state index contributed by atoms with van der Waals surface area (Å²) in [5, 5.41) is 6.91. The zero-order valence-corrected chi connectivity index (χ0v) is 14.3. The second-order valence-electron chi connectivity index (χ2n) is 4.76. The Morgan fingerprint density at radius 2 is 1.87 bits per heavy atom. The minimum Gasteiger partial charge on any atom is -0.332 e. The smallest absolute Gasteiger partial charge is 0.258 e. The highest BCUT2D eigenvalue weighted by molar-refractivity contribution is 9.10. The molecule has 0 atom stereocenters. The van der Waals surface area contributed by atoms with Crippen molar-refractivity contribution in [2.75, 3.05) is 5.32 Å². The minimum atomic E-state index is -0.270. The highest BCUT2D eigenvalue weighted by Crippen LogP contribution is 2.21. The van der Waals surface area contributed by atoms with E-state index in [0.29, 0.717) is 5.56 Å². The van der Waals surface area contributed by atoms with Crippen molar-refractivity contribution in [2.24, 2.45) is 0 Å². The molecule has 0 aliphatic heterocycles. The number of aromatic nitrogens is 1. The second-order valence-corrected chi connectivity index (χ2v) is 6.03. The number of anilines is 1. The van der Waals surface area contributed by atoms with Crippen molar-refractivity contribution in [3.05, 3.63) is 70.8 Å². The molecule has 0 bridgehead atoms. The van der Waals surface area contributed by atoms with Gasteiger partial charge in [-0.2, -0.15) is 0 Å². The molecule has 23 heavy (non-hydrogen) atoms. The van der Waals surface area contributed by atoms with E-state index >= 15 is 0 Å². The van der Waals surface area contributed by atoms with Gasteiger partial charge >= 0.3 is 0 Å². The average Bonchev–Trinajstić information content (AvgIpc) is 2.55. The summed E-state index contributed by atoms with van der Waals surface area (Å²) in [6.07, 6.45) is 1.74. The highest BCUT2D eigenvalue weighted by Gasteiger charge is 2.11. The van der Waals surface area contributed by atoms with Gasteiger partial charge in [0.15, 0.2) is 5.11 Å². The van der Waals surface area contributed by atoms with E-state index in [0.717, 1.165) is 21.1 Å². The number of halogens is 1. The van der Waals surface area contributed by atoms with Crippen molar-refractivity contribution in [2.45, 2.75) is 0 Å². The van der Waals surface area contributed by atoms with Gasteiger partial charge in [0.25, 0.3) is 5.91 Å². The molecular formula is C17H12BrN3OS. The summed E-state index contributed by atoms with van der Waals surface area (Å²) in [7, 11) is 0. The number of nitrogens with one attached hydrogen (secondary N) is 2. The molecule has 2 N–H and O–H groups in total. The van der Waals surface area contributed by atoms with Crippen LogP contribution in [0.4, 0.5) is 5.69 Å². The molecule has 0 radical (unpaired) electrons. The number of nitrogens with zero attached hydrogens (tertiary/aromatic N) is 1. The van der Waals surface area contributed by atoms with Crippen molar-refractivity contribution >= 4 is 55.8 Å². The molecule has 0 fully saturated rings.